The molecule has 1 aliphatic rings. The Morgan fingerprint density at radius 1 is 1.39 bits per heavy atom. The van der Waals surface area contributed by atoms with Crippen molar-refractivity contribution in [2.45, 2.75) is 25.8 Å². The number of carbonyl (C=O) groups excluding carboxylic acids is 4. The van der Waals surface area contributed by atoms with Crippen LogP contribution in [0.2, 0.25) is 0 Å². The Kier molecular flexibility index (Phi) is 8.88. The number of rotatable bonds is 9. The first-order valence-electron chi connectivity index (χ1n) is 7.14. The molecule has 10 heteroatoms. The number of alkyl carbamates (subject to hydrolysis) is 1. The molecule has 0 saturated carbocycles. The molecule has 129 valence electrons. The number of thioether (sulfide) groups is 1. The van der Waals surface area contributed by atoms with Gasteiger partial charge in [0, 0.05) is 12.2 Å². The molecule has 0 aliphatic carbocycles. The van der Waals surface area contributed by atoms with Crippen molar-refractivity contribution in [2.75, 3.05) is 25.5 Å². The second-order valence-electron chi connectivity index (χ2n) is 4.41. The lowest BCUT2D eigenvalue weighted by atomic mass is 10.3. The van der Waals surface area contributed by atoms with E-state index in [2.05, 4.69) is 16.0 Å². The normalized spacial score (nSPS) is 16.4. The van der Waals surface area contributed by atoms with Gasteiger partial charge in [-0.2, -0.15) is 0 Å². The summed E-state index contributed by atoms with van der Waals surface area (Å²) in [5, 5.41) is 7.20. The van der Waals surface area contributed by atoms with Crippen LogP contribution in [-0.4, -0.2) is 54.8 Å². The Hall–Kier alpha value is -1.97. The van der Waals surface area contributed by atoms with Crippen LogP contribution >= 0.6 is 11.8 Å². The van der Waals surface area contributed by atoms with Crippen molar-refractivity contribution in [1.29, 1.82) is 0 Å². The largest absolute Gasteiger partial charge is 0.466 e. The summed E-state index contributed by atoms with van der Waals surface area (Å²) in [5.41, 5.74) is 0. The maximum absolute atomic E-state index is 11.6. The molecule has 1 fully saturated rings. The van der Waals surface area contributed by atoms with Crippen LogP contribution in [0.5, 0.6) is 0 Å². The molecule has 0 aromatic heterocycles. The second kappa shape index (κ2) is 10.7. The minimum atomic E-state index is -0.673. The summed E-state index contributed by atoms with van der Waals surface area (Å²) in [5.74, 6) is -0.256. The van der Waals surface area contributed by atoms with Crippen LogP contribution in [0.1, 0.15) is 19.8 Å². The maximum Gasteiger partial charge on any atom is 0.407 e. The van der Waals surface area contributed by atoms with Crippen molar-refractivity contribution in [3.63, 3.8) is 0 Å². The Morgan fingerprint density at radius 3 is 2.83 bits per heavy atom. The molecule has 9 nitrogen and oxygen atoms in total. The third kappa shape index (κ3) is 8.29. The lowest BCUT2D eigenvalue weighted by molar-refractivity contribution is -0.143. The standard InChI is InChI=1S/C13H20N3O6S/c1-2-21-10(17)4-3-5-15-12(19)22-7-6-14-11(18)9-8-23-13(20)16-9/h5,9H,2-4,6-8H2,1H3,(H,14,18)(H,15,19)(H,16,20)/t9-/m0/s1. The Morgan fingerprint density at radius 2 is 2.17 bits per heavy atom. The predicted octanol–water partition coefficient (Wildman–Crippen LogP) is 0.159. The first-order valence-corrected chi connectivity index (χ1v) is 8.13. The zero-order chi connectivity index (χ0) is 17.1. The number of nitrogens with one attached hydrogen (secondary N) is 3. The Bertz CT molecular complexity index is 445. The van der Waals surface area contributed by atoms with E-state index in [1.54, 1.807) is 6.92 Å². The van der Waals surface area contributed by atoms with Crippen molar-refractivity contribution in [1.82, 2.24) is 16.0 Å². The van der Waals surface area contributed by atoms with Crippen molar-refractivity contribution >= 4 is 35.0 Å². The average molecular weight is 346 g/mol. The highest BCUT2D eigenvalue weighted by Gasteiger charge is 2.27. The number of esters is 1. The Balaban J connectivity index is 1.98. The number of carbonyl (C=O) groups is 4. The van der Waals surface area contributed by atoms with Gasteiger partial charge in [0.15, 0.2) is 0 Å². The second-order valence-corrected chi connectivity index (χ2v) is 5.41. The van der Waals surface area contributed by atoms with E-state index in [-0.39, 0.29) is 36.7 Å². The molecule has 1 radical (unpaired) electrons. The molecular formula is C13H20N3O6S. The van der Waals surface area contributed by atoms with E-state index in [1.807, 2.05) is 0 Å². The first kappa shape index (κ1) is 19.1. The van der Waals surface area contributed by atoms with Gasteiger partial charge in [-0.1, -0.05) is 11.8 Å². The molecule has 1 heterocycles. The number of hydrogen-bond donors (Lipinski definition) is 3. The molecule has 1 aliphatic heterocycles. The Labute approximate surface area is 138 Å². The fourth-order valence-electron chi connectivity index (χ4n) is 1.59. The molecular weight excluding hydrogens is 326 g/mol. The molecule has 0 spiro atoms. The summed E-state index contributed by atoms with van der Waals surface area (Å²) in [6.07, 6.45) is -0.160. The van der Waals surface area contributed by atoms with Crippen LogP contribution in [0.15, 0.2) is 0 Å². The smallest absolute Gasteiger partial charge is 0.407 e. The molecule has 3 N–H and O–H groups in total. The van der Waals surface area contributed by atoms with Crippen LogP contribution < -0.4 is 16.0 Å². The van der Waals surface area contributed by atoms with E-state index in [0.717, 1.165) is 11.8 Å². The monoisotopic (exact) mass is 346 g/mol. The highest BCUT2D eigenvalue weighted by Crippen LogP contribution is 2.12. The van der Waals surface area contributed by atoms with Crippen molar-refractivity contribution < 1.29 is 28.7 Å². The number of amides is 3. The van der Waals surface area contributed by atoms with Crippen LogP contribution in [0, 0.1) is 6.54 Å². The fraction of sp³-hybridized carbons (Fsp3) is 0.615. The maximum atomic E-state index is 11.6. The van der Waals surface area contributed by atoms with Gasteiger partial charge < -0.3 is 25.4 Å². The first-order chi connectivity index (χ1) is 11.0. The van der Waals surface area contributed by atoms with Gasteiger partial charge >= 0.3 is 12.1 Å². The van der Waals surface area contributed by atoms with E-state index in [1.165, 1.54) is 6.54 Å². The van der Waals surface area contributed by atoms with E-state index < -0.39 is 12.1 Å². The van der Waals surface area contributed by atoms with Crippen LogP contribution in [0.3, 0.4) is 0 Å². The molecule has 0 aromatic rings. The van der Waals surface area contributed by atoms with E-state index in [4.69, 9.17) is 9.47 Å². The van der Waals surface area contributed by atoms with Crippen molar-refractivity contribution in [3.05, 3.63) is 6.54 Å². The fourth-order valence-corrected chi connectivity index (χ4v) is 2.37. The van der Waals surface area contributed by atoms with Gasteiger partial charge in [0.25, 0.3) is 5.24 Å². The van der Waals surface area contributed by atoms with E-state index in [0.29, 0.717) is 18.8 Å². The molecule has 0 aromatic carbocycles. The zero-order valence-electron chi connectivity index (χ0n) is 12.8. The topological polar surface area (TPSA) is 123 Å². The van der Waals surface area contributed by atoms with Gasteiger partial charge in [-0.3, -0.25) is 14.4 Å². The van der Waals surface area contributed by atoms with Crippen LogP contribution in [0.4, 0.5) is 9.59 Å². The summed E-state index contributed by atoms with van der Waals surface area (Å²) < 4.78 is 9.55. The minimum absolute atomic E-state index is 0.00288. The molecule has 1 atom stereocenters. The highest BCUT2D eigenvalue weighted by atomic mass is 32.2. The minimum Gasteiger partial charge on any atom is -0.466 e. The van der Waals surface area contributed by atoms with E-state index >= 15 is 0 Å². The molecule has 1 rings (SSSR count). The molecule has 3 amide bonds. The van der Waals surface area contributed by atoms with Gasteiger partial charge in [-0.15, -0.1) is 0 Å². The molecule has 1 saturated heterocycles. The predicted molar refractivity (Wildman–Crippen MR) is 82.4 cm³/mol. The van der Waals surface area contributed by atoms with Gasteiger partial charge in [-0.05, 0) is 13.3 Å². The third-order valence-electron chi connectivity index (χ3n) is 2.64. The summed E-state index contributed by atoms with van der Waals surface area (Å²) >= 11 is 1.05. The summed E-state index contributed by atoms with van der Waals surface area (Å²) in [6, 6.07) is -0.544. The summed E-state index contributed by atoms with van der Waals surface area (Å²) in [6.45, 7) is 3.59. The van der Waals surface area contributed by atoms with Crippen molar-refractivity contribution in [3.8, 4) is 0 Å². The van der Waals surface area contributed by atoms with E-state index in [9.17, 15) is 19.2 Å². The molecule has 23 heavy (non-hydrogen) atoms. The molecule has 0 unspecified atom stereocenters. The van der Waals surface area contributed by atoms with Crippen molar-refractivity contribution in [2.24, 2.45) is 0 Å². The third-order valence-corrected chi connectivity index (χ3v) is 3.52. The van der Waals surface area contributed by atoms with Gasteiger partial charge in [0.1, 0.15) is 12.6 Å². The van der Waals surface area contributed by atoms with Gasteiger partial charge in [0.2, 0.25) is 5.91 Å². The SMILES string of the molecule is CCOC(=O)CC[CH]NC(=O)OCCNC(=O)[C@@H]1CSC(=O)N1. The average Bonchev–Trinajstić information content (AvgIpc) is 2.95. The van der Waals surface area contributed by atoms with Crippen LogP contribution in [-0.2, 0) is 19.1 Å². The quantitative estimate of drug-likeness (QED) is 0.401. The van der Waals surface area contributed by atoms with Crippen LogP contribution in [0.25, 0.3) is 0 Å². The lowest BCUT2D eigenvalue weighted by Crippen LogP contribution is -2.44. The number of hydrogen-bond acceptors (Lipinski definition) is 7. The zero-order valence-corrected chi connectivity index (χ0v) is 13.6. The summed E-state index contributed by atoms with van der Waals surface area (Å²) in [7, 11) is 0. The summed E-state index contributed by atoms with van der Waals surface area (Å²) in [4.78, 5) is 44.9. The molecule has 0 bridgehead atoms. The lowest BCUT2D eigenvalue weighted by Gasteiger charge is -2.10. The highest BCUT2D eigenvalue weighted by molar-refractivity contribution is 8.14. The number of ether oxygens (including phenoxy) is 2. The van der Waals surface area contributed by atoms with Gasteiger partial charge in [0.05, 0.1) is 19.7 Å². The van der Waals surface area contributed by atoms with Gasteiger partial charge in [-0.25, -0.2) is 4.79 Å².